The second-order valence-electron chi connectivity index (χ2n) is 4.19. The Kier molecular flexibility index (Phi) is 4.31. The van der Waals surface area contributed by atoms with Crippen LogP contribution in [0, 0.1) is 18.3 Å². The lowest BCUT2D eigenvalue weighted by Crippen LogP contribution is -2.09. The molecule has 0 saturated carbocycles. The Morgan fingerprint density at radius 3 is 2.47 bits per heavy atom. The Balaban J connectivity index is 2.28. The molecule has 4 heteroatoms. The van der Waals surface area contributed by atoms with Crippen molar-refractivity contribution in [3.05, 3.63) is 63.6 Å². The van der Waals surface area contributed by atoms with Crippen LogP contribution in [-0.4, -0.2) is 0 Å². The van der Waals surface area contributed by atoms with Crippen molar-refractivity contribution in [1.82, 2.24) is 0 Å². The van der Waals surface area contributed by atoms with Crippen molar-refractivity contribution in [3.8, 4) is 6.07 Å². The number of aryl methyl sites for hydroxylation is 1. The fourth-order valence-corrected chi connectivity index (χ4v) is 2.08. The van der Waals surface area contributed by atoms with Crippen LogP contribution in [0.3, 0.4) is 0 Å². The van der Waals surface area contributed by atoms with Gasteiger partial charge in [-0.25, -0.2) is 0 Å². The van der Waals surface area contributed by atoms with E-state index in [0.29, 0.717) is 10.0 Å². The number of nitriles is 1. The largest absolute Gasteiger partial charge is 0.366 e. The summed E-state index contributed by atoms with van der Waals surface area (Å²) < 4.78 is 0. The van der Waals surface area contributed by atoms with Gasteiger partial charge >= 0.3 is 0 Å². The SMILES string of the molecule is Cc1ccccc1NC(C#N)c1ccc(Cl)c(Cl)c1. The van der Waals surface area contributed by atoms with Crippen LogP contribution in [0.25, 0.3) is 0 Å². The number of halogens is 2. The predicted octanol–water partition coefficient (Wildman–Crippen LogP) is 4.98. The predicted molar refractivity (Wildman–Crippen MR) is 79.6 cm³/mol. The van der Waals surface area contributed by atoms with Crippen LogP contribution < -0.4 is 5.32 Å². The second-order valence-corrected chi connectivity index (χ2v) is 5.01. The van der Waals surface area contributed by atoms with Crippen molar-refractivity contribution in [2.75, 3.05) is 5.32 Å². The van der Waals surface area contributed by atoms with Gasteiger partial charge in [-0.3, -0.25) is 0 Å². The molecule has 0 fully saturated rings. The maximum atomic E-state index is 9.30. The molecule has 2 aromatic carbocycles. The van der Waals surface area contributed by atoms with Gasteiger partial charge in [-0.1, -0.05) is 47.5 Å². The van der Waals surface area contributed by atoms with E-state index < -0.39 is 6.04 Å². The summed E-state index contributed by atoms with van der Waals surface area (Å²) in [5.74, 6) is 0. The van der Waals surface area contributed by atoms with E-state index in [4.69, 9.17) is 23.2 Å². The van der Waals surface area contributed by atoms with Crippen LogP contribution in [0.1, 0.15) is 17.2 Å². The average Bonchev–Trinajstić information content (AvgIpc) is 2.41. The van der Waals surface area contributed by atoms with Gasteiger partial charge < -0.3 is 5.32 Å². The maximum absolute atomic E-state index is 9.30. The zero-order valence-corrected chi connectivity index (χ0v) is 11.8. The second kappa shape index (κ2) is 5.97. The molecule has 1 atom stereocenters. The Bertz CT molecular complexity index is 632. The topological polar surface area (TPSA) is 35.8 Å². The standard InChI is InChI=1S/C15H12Cl2N2/c1-10-4-2-3-5-14(10)19-15(9-18)11-6-7-12(16)13(17)8-11/h2-8,15,19H,1H3. The van der Waals surface area contributed by atoms with Crippen LogP contribution >= 0.6 is 23.2 Å². The summed E-state index contributed by atoms with van der Waals surface area (Å²) in [6.45, 7) is 1.99. The highest BCUT2D eigenvalue weighted by molar-refractivity contribution is 6.42. The molecule has 2 rings (SSSR count). The van der Waals surface area contributed by atoms with Gasteiger partial charge in [-0.2, -0.15) is 5.26 Å². The van der Waals surface area contributed by atoms with E-state index >= 15 is 0 Å². The molecule has 2 nitrogen and oxygen atoms in total. The number of benzene rings is 2. The molecule has 2 aromatic rings. The normalized spacial score (nSPS) is 11.7. The van der Waals surface area contributed by atoms with E-state index in [1.165, 1.54) is 0 Å². The number of nitrogens with zero attached hydrogens (tertiary/aromatic N) is 1. The average molecular weight is 291 g/mol. The molecule has 0 aliphatic heterocycles. The fraction of sp³-hybridized carbons (Fsp3) is 0.133. The first-order valence-electron chi connectivity index (χ1n) is 5.78. The highest BCUT2D eigenvalue weighted by Crippen LogP contribution is 2.28. The summed E-state index contributed by atoms with van der Waals surface area (Å²) in [7, 11) is 0. The Morgan fingerprint density at radius 2 is 1.84 bits per heavy atom. The molecule has 1 unspecified atom stereocenters. The van der Waals surface area contributed by atoms with E-state index in [2.05, 4.69) is 11.4 Å². The van der Waals surface area contributed by atoms with Gasteiger partial charge in [0.05, 0.1) is 16.1 Å². The summed E-state index contributed by atoms with van der Waals surface area (Å²) in [6.07, 6.45) is 0. The van der Waals surface area contributed by atoms with E-state index in [-0.39, 0.29) is 0 Å². The minimum Gasteiger partial charge on any atom is -0.366 e. The quantitative estimate of drug-likeness (QED) is 0.865. The van der Waals surface area contributed by atoms with Crippen molar-refractivity contribution < 1.29 is 0 Å². The third-order valence-corrected chi connectivity index (χ3v) is 3.59. The maximum Gasteiger partial charge on any atom is 0.140 e. The van der Waals surface area contributed by atoms with Gasteiger partial charge in [0.15, 0.2) is 0 Å². The number of nitrogens with one attached hydrogen (secondary N) is 1. The first-order valence-corrected chi connectivity index (χ1v) is 6.54. The lowest BCUT2D eigenvalue weighted by atomic mass is 10.1. The highest BCUT2D eigenvalue weighted by Gasteiger charge is 2.12. The van der Waals surface area contributed by atoms with Gasteiger partial charge in [0.1, 0.15) is 6.04 Å². The number of anilines is 1. The summed E-state index contributed by atoms with van der Waals surface area (Å²) in [4.78, 5) is 0. The van der Waals surface area contributed by atoms with E-state index in [9.17, 15) is 5.26 Å². The lowest BCUT2D eigenvalue weighted by molar-refractivity contribution is 0.994. The van der Waals surface area contributed by atoms with Crippen LogP contribution in [0.5, 0.6) is 0 Å². The van der Waals surface area contributed by atoms with Gasteiger partial charge in [-0.05, 0) is 36.2 Å². The van der Waals surface area contributed by atoms with Crippen molar-refractivity contribution in [2.24, 2.45) is 0 Å². The third-order valence-electron chi connectivity index (χ3n) is 2.85. The number of para-hydroxylation sites is 1. The van der Waals surface area contributed by atoms with Crippen LogP contribution in [-0.2, 0) is 0 Å². The van der Waals surface area contributed by atoms with Crippen LogP contribution in [0.2, 0.25) is 10.0 Å². The number of rotatable bonds is 3. The minimum atomic E-state index is -0.462. The molecule has 0 heterocycles. The number of hydrogen-bond acceptors (Lipinski definition) is 2. The van der Waals surface area contributed by atoms with Crippen molar-refractivity contribution in [2.45, 2.75) is 13.0 Å². The zero-order chi connectivity index (χ0) is 13.8. The van der Waals surface area contributed by atoms with Gasteiger partial charge in [0.2, 0.25) is 0 Å². The van der Waals surface area contributed by atoms with Gasteiger partial charge in [-0.15, -0.1) is 0 Å². The molecule has 0 aliphatic rings. The van der Waals surface area contributed by atoms with Crippen LogP contribution in [0.4, 0.5) is 5.69 Å². The van der Waals surface area contributed by atoms with Crippen LogP contribution in [0.15, 0.2) is 42.5 Å². The first kappa shape index (κ1) is 13.7. The molecular weight excluding hydrogens is 279 g/mol. The Hall–Kier alpha value is -1.69. The van der Waals surface area contributed by atoms with Crippen molar-refractivity contribution in [1.29, 1.82) is 5.26 Å². The number of hydrogen-bond donors (Lipinski definition) is 1. The summed E-state index contributed by atoms with van der Waals surface area (Å²) in [6, 6.07) is 14.8. The molecule has 0 amide bonds. The third kappa shape index (κ3) is 3.20. The molecule has 0 aliphatic carbocycles. The zero-order valence-electron chi connectivity index (χ0n) is 10.3. The highest BCUT2D eigenvalue weighted by atomic mass is 35.5. The molecule has 1 N–H and O–H groups in total. The van der Waals surface area contributed by atoms with Gasteiger partial charge in [0, 0.05) is 5.69 Å². The molecule has 0 spiro atoms. The summed E-state index contributed by atoms with van der Waals surface area (Å²) >= 11 is 11.9. The molecule has 19 heavy (non-hydrogen) atoms. The van der Waals surface area contributed by atoms with E-state index in [0.717, 1.165) is 16.8 Å². The van der Waals surface area contributed by atoms with Crippen molar-refractivity contribution in [3.63, 3.8) is 0 Å². The molecule has 0 saturated heterocycles. The lowest BCUT2D eigenvalue weighted by Gasteiger charge is -2.15. The fourth-order valence-electron chi connectivity index (χ4n) is 1.77. The summed E-state index contributed by atoms with van der Waals surface area (Å²) in [5.41, 5.74) is 2.81. The molecule has 0 radical (unpaired) electrons. The molecular formula is C15H12Cl2N2. The summed E-state index contributed by atoms with van der Waals surface area (Å²) in [5, 5.41) is 13.4. The monoisotopic (exact) mass is 290 g/mol. The van der Waals surface area contributed by atoms with E-state index in [1.807, 2.05) is 31.2 Å². The first-order chi connectivity index (χ1) is 9.11. The minimum absolute atomic E-state index is 0.450. The van der Waals surface area contributed by atoms with Gasteiger partial charge in [0.25, 0.3) is 0 Å². The van der Waals surface area contributed by atoms with Crippen molar-refractivity contribution >= 4 is 28.9 Å². The smallest absolute Gasteiger partial charge is 0.140 e. The molecule has 96 valence electrons. The molecule has 0 bridgehead atoms. The van der Waals surface area contributed by atoms with E-state index in [1.54, 1.807) is 18.2 Å². The Labute approximate surface area is 122 Å². The molecule has 0 aromatic heterocycles. The Morgan fingerprint density at radius 1 is 1.11 bits per heavy atom.